The molecular formula is C15H21NO5S. The molecule has 0 bridgehead atoms. The molecule has 7 heteroatoms. The number of aryl methyl sites for hydroxylation is 1. The van der Waals surface area contributed by atoms with E-state index in [1.807, 2.05) is 13.8 Å². The minimum Gasteiger partial charge on any atom is -0.478 e. The fourth-order valence-corrected chi connectivity index (χ4v) is 3.96. The van der Waals surface area contributed by atoms with E-state index >= 15 is 0 Å². The van der Waals surface area contributed by atoms with Crippen molar-refractivity contribution in [2.45, 2.75) is 37.7 Å². The van der Waals surface area contributed by atoms with Gasteiger partial charge in [0, 0.05) is 19.1 Å². The van der Waals surface area contributed by atoms with Gasteiger partial charge >= 0.3 is 5.97 Å². The van der Waals surface area contributed by atoms with Gasteiger partial charge in [-0.25, -0.2) is 17.9 Å². The number of carboxylic acids is 1. The number of hydrogen-bond acceptors (Lipinski definition) is 4. The van der Waals surface area contributed by atoms with E-state index in [0.717, 1.165) is 6.42 Å². The van der Waals surface area contributed by atoms with Crippen molar-refractivity contribution in [3.8, 4) is 0 Å². The van der Waals surface area contributed by atoms with Crippen LogP contribution in [0, 0.1) is 12.8 Å². The third-order valence-corrected chi connectivity index (χ3v) is 5.74. The molecule has 2 rings (SSSR count). The van der Waals surface area contributed by atoms with Crippen molar-refractivity contribution in [1.82, 2.24) is 4.72 Å². The maximum Gasteiger partial charge on any atom is 0.335 e. The SMILES string of the molecule is Cc1cc(C(=O)O)ccc1S(=O)(=O)NCC1CCOC1(C)C. The van der Waals surface area contributed by atoms with Gasteiger partial charge in [-0.05, 0) is 51.0 Å². The van der Waals surface area contributed by atoms with Crippen molar-refractivity contribution in [2.75, 3.05) is 13.2 Å². The molecule has 2 N–H and O–H groups in total. The fraction of sp³-hybridized carbons (Fsp3) is 0.533. The van der Waals surface area contributed by atoms with Gasteiger partial charge in [-0.1, -0.05) is 0 Å². The van der Waals surface area contributed by atoms with Gasteiger partial charge in [0.1, 0.15) is 0 Å². The van der Waals surface area contributed by atoms with Crippen LogP contribution in [0.4, 0.5) is 0 Å². The summed E-state index contributed by atoms with van der Waals surface area (Å²) in [6.07, 6.45) is 0.812. The van der Waals surface area contributed by atoms with E-state index in [9.17, 15) is 13.2 Å². The van der Waals surface area contributed by atoms with Crippen LogP contribution >= 0.6 is 0 Å². The number of aromatic carboxylic acids is 1. The van der Waals surface area contributed by atoms with Crippen LogP contribution in [-0.4, -0.2) is 38.2 Å². The summed E-state index contributed by atoms with van der Waals surface area (Å²) in [5, 5.41) is 8.93. The van der Waals surface area contributed by atoms with Crippen LogP contribution in [-0.2, 0) is 14.8 Å². The molecule has 122 valence electrons. The lowest BCUT2D eigenvalue weighted by Crippen LogP contribution is -2.37. The lowest BCUT2D eigenvalue weighted by Gasteiger charge is -2.26. The molecule has 1 atom stereocenters. The van der Waals surface area contributed by atoms with Crippen LogP contribution in [0.25, 0.3) is 0 Å². The predicted octanol–water partition coefficient (Wildman–Crippen LogP) is 1.79. The Kier molecular flexibility index (Phi) is 4.60. The first-order chi connectivity index (χ1) is 10.1. The molecular weight excluding hydrogens is 306 g/mol. The van der Waals surface area contributed by atoms with E-state index in [0.29, 0.717) is 18.7 Å². The van der Waals surface area contributed by atoms with E-state index in [1.165, 1.54) is 18.2 Å². The Morgan fingerprint density at radius 1 is 1.45 bits per heavy atom. The number of sulfonamides is 1. The van der Waals surface area contributed by atoms with Gasteiger partial charge in [-0.3, -0.25) is 0 Å². The molecule has 0 saturated carbocycles. The molecule has 0 radical (unpaired) electrons. The van der Waals surface area contributed by atoms with Crippen LogP contribution in [0.3, 0.4) is 0 Å². The van der Waals surface area contributed by atoms with Gasteiger partial charge in [-0.15, -0.1) is 0 Å². The highest BCUT2D eigenvalue weighted by atomic mass is 32.2. The molecule has 1 aliphatic rings. The van der Waals surface area contributed by atoms with Crippen molar-refractivity contribution >= 4 is 16.0 Å². The number of rotatable bonds is 5. The van der Waals surface area contributed by atoms with Crippen molar-refractivity contribution < 1.29 is 23.1 Å². The second-order valence-corrected chi connectivity index (χ2v) is 7.81. The summed E-state index contributed by atoms with van der Waals surface area (Å²) in [6, 6.07) is 3.99. The van der Waals surface area contributed by atoms with Crippen molar-refractivity contribution in [1.29, 1.82) is 0 Å². The first-order valence-corrected chi connectivity index (χ1v) is 8.59. The molecule has 0 spiro atoms. The van der Waals surface area contributed by atoms with E-state index < -0.39 is 16.0 Å². The molecule has 0 amide bonds. The summed E-state index contributed by atoms with van der Waals surface area (Å²) >= 11 is 0. The zero-order valence-electron chi connectivity index (χ0n) is 12.9. The minimum absolute atomic E-state index is 0.0711. The predicted molar refractivity (Wildman–Crippen MR) is 81.5 cm³/mol. The fourth-order valence-electron chi connectivity index (χ4n) is 2.65. The van der Waals surface area contributed by atoms with Gasteiger partial charge in [-0.2, -0.15) is 0 Å². The molecule has 1 heterocycles. The molecule has 6 nitrogen and oxygen atoms in total. The van der Waals surface area contributed by atoms with Crippen LogP contribution < -0.4 is 4.72 Å². The van der Waals surface area contributed by atoms with E-state index in [-0.39, 0.29) is 22.0 Å². The summed E-state index contributed by atoms with van der Waals surface area (Å²) in [7, 11) is -3.67. The van der Waals surface area contributed by atoms with Crippen LogP contribution in [0.5, 0.6) is 0 Å². The number of hydrogen-bond donors (Lipinski definition) is 2. The molecule has 1 aromatic rings. The Balaban J connectivity index is 2.15. The average molecular weight is 327 g/mol. The first-order valence-electron chi connectivity index (χ1n) is 7.11. The van der Waals surface area contributed by atoms with Crippen molar-refractivity contribution in [3.63, 3.8) is 0 Å². The van der Waals surface area contributed by atoms with E-state index in [4.69, 9.17) is 9.84 Å². The van der Waals surface area contributed by atoms with Gasteiger partial charge in [0.25, 0.3) is 0 Å². The number of benzene rings is 1. The van der Waals surface area contributed by atoms with E-state index in [1.54, 1.807) is 6.92 Å². The van der Waals surface area contributed by atoms with Gasteiger partial charge in [0.2, 0.25) is 10.0 Å². The Labute approximate surface area is 130 Å². The maximum absolute atomic E-state index is 12.4. The quantitative estimate of drug-likeness (QED) is 0.860. The lowest BCUT2D eigenvalue weighted by molar-refractivity contribution is 0.0125. The average Bonchev–Trinajstić information content (AvgIpc) is 2.75. The third-order valence-electron chi connectivity index (χ3n) is 4.15. The molecule has 0 aromatic heterocycles. The Morgan fingerprint density at radius 2 is 2.14 bits per heavy atom. The van der Waals surface area contributed by atoms with Crippen LogP contribution in [0.15, 0.2) is 23.1 Å². The summed E-state index contributed by atoms with van der Waals surface area (Å²) < 4.78 is 33.0. The van der Waals surface area contributed by atoms with Crippen LogP contribution in [0.2, 0.25) is 0 Å². The van der Waals surface area contributed by atoms with Crippen molar-refractivity contribution in [3.05, 3.63) is 29.3 Å². The zero-order valence-corrected chi connectivity index (χ0v) is 13.7. The first kappa shape index (κ1) is 16.9. The highest BCUT2D eigenvalue weighted by Crippen LogP contribution is 2.31. The van der Waals surface area contributed by atoms with Gasteiger partial charge in [0.15, 0.2) is 0 Å². The van der Waals surface area contributed by atoms with Crippen LogP contribution in [0.1, 0.15) is 36.2 Å². The molecule has 1 saturated heterocycles. The monoisotopic (exact) mass is 327 g/mol. The molecule has 1 fully saturated rings. The Morgan fingerprint density at radius 3 is 2.64 bits per heavy atom. The molecule has 1 aliphatic heterocycles. The zero-order chi connectivity index (χ0) is 16.5. The molecule has 1 aromatic carbocycles. The number of carboxylic acid groups (broad SMARTS) is 1. The lowest BCUT2D eigenvalue weighted by atomic mass is 9.91. The summed E-state index contributed by atoms with van der Waals surface area (Å²) in [5.74, 6) is -0.967. The largest absolute Gasteiger partial charge is 0.478 e. The third kappa shape index (κ3) is 3.48. The molecule has 1 unspecified atom stereocenters. The van der Waals surface area contributed by atoms with Gasteiger partial charge < -0.3 is 9.84 Å². The normalized spacial score (nSPS) is 21.0. The number of carbonyl (C=O) groups is 1. The Bertz CT molecular complexity index is 681. The minimum atomic E-state index is -3.67. The van der Waals surface area contributed by atoms with Crippen molar-refractivity contribution in [2.24, 2.45) is 5.92 Å². The molecule has 22 heavy (non-hydrogen) atoms. The van der Waals surface area contributed by atoms with E-state index in [2.05, 4.69) is 4.72 Å². The highest BCUT2D eigenvalue weighted by Gasteiger charge is 2.36. The highest BCUT2D eigenvalue weighted by molar-refractivity contribution is 7.89. The smallest absolute Gasteiger partial charge is 0.335 e. The number of ether oxygens (including phenoxy) is 1. The summed E-state index contributed by atoms with van der Waals surface area (Å²) in [4.78, 5) is 11.0. The molecule has 0 aliphatic carbocycles. The number of nitrogens with one attached hydrogen (secondary N) is 1. The standard InChI is InChI=1S/C15H21NO5S/c1-10-8-11(14(17)18)4-5-13(10)22(19,20)16-9-12-6-7-21-15(12,2)3/h4-5,8,12,16H,6-7,9H2,1-3H3,(H,17,18). The summed E-state index contributed by atoms with van der Waals surface area (Å²) in [5.41, 5.74) is 0.140. The second-order valence-electron chi connectivity index (χ2n) is 6.07. The Hall–Kier alpha value is -1.44. The topological polar surface area (TPSA) is 92.7 Å². The maximum atomic E-state index is 12.4. The summed E-state index contributed by atoms with van der Waals surface area (Å²) in [6.45, 7) is 6.42. The van der Waals surface area contributed by atoms with Gasteiger partial charge in [0.05, 0.1) is 16.1 Å². The second kappa shape index (κ2) is 5.98.